The molecule has 0 heterocycles. The Kier molecular flexibility index (Phi) is 5.81. The highest BCUT2D eigenvalue weighted by molar-refractivity contribution is 5.87. The molecule has 1 atom stereocenters. The van der Waals surface area contributed by atoms with Crippen LogP contribution in [-0.2, 0) is 16.0 Å². The van der Waals surface area contributed by atoms with E-state index < -0.39 is 11.9 Å². The van der Waals surface area contributed by atoms with Gasteiger partial charge in [-0.1, -0.05) is 37.5 Å². The number of nitrogens with one attached hydrogen (secondary N) is 1. The van der Waals surface area contributed by atoms with Crippen molar-refractivity contribution in [3.05, 3.63) is 29.8 Å². The molecule has 1 fully saturated rings. The number of carbonyl (C=O) groups is 2. The SMILES string of the molecule is COc1ccccc1C[C@@H](NC(=O)C1CCCCC1)C(N)=O. The first-order valence-electron chi connectivity index (χ1n) is 7.83. The zero-order valence-corrected chi connectivity index (χ0v) is 13.0. The lowest BCUT2D eigenvalue weighted by Crippen LogP contribution is -2.48. The number of rotatable bonds is 6. The highest BCUT2D eigenvalue weighted by Crippen LogP contribution is 2.24. The Morgan fingerprint density at radius 2 is 1.95 bits per heavy atom. The molecule has 0 aliphatic heterocycles. The summed E-state index contributed by atoms with van der Waals surface area (Å²) in [5.74, 6) is 0.127. The van der Waals surface area contributed by atoms with Crippen molar-refractivity contribution in [3.63, 3.8) is 0 Å². The van der Waals surface area contributed by atoms with Gasteiger partial charge in [0, 0.05) is 12.3 Å². The van der Waals surface area contributed by atoms with Gasteiger partial charge >= 0.3 is 0 Å². The van der Waals surface area contributed by atoms with Crippen molar-refractivity contribution < 1.29 is 14.3 Å². The van der Waals surface area contributed by atoms with Crippen molar-refractivity contribution in [3.8, 4) is 5.75 Å². The molecule has 2 amide bonds. The summed E-state index contributed by atoms with van der Waals surface area (Å²) in [5, 5.41) is 2.82. The molecule has 0 radical (unpaired) electrons. The zero-order chi connectivity index (χ0) is 15.9. The average molecular weight is 304 g/mol. The topological polar surface area (TPSA) is 81.4 Å². The number of hydrogen-bond acceptors (Lipinski definition) is 3. The number of amides is 2. The van der Waals surface area contributed by atoms with Gasteiger partial charge in [0.2, 0.25) is 11.8 Å². The molecule has 1 aromatic carbocycles. The molecule has 0 bridgehead atoms. The molecule has 0 unspecified atom stereocenters. The van der Waals surface area contributed by atoms with Crippen LogP contribution >= 0.6 is 0 Å². The van der Waals surface area contributed by atoms with E-state index in [0.717, 1.165) is 31.2 Å². The van der Waals surface area contributed by atoms with Crippen LogP contribution in [0.15, 0.2) is 24.3 Å². The van der Waals surface area contributed by atoms with Gasteiger partial charge in [-0.3, -0.25) is 9.59 Å². The molecule has 0 spiro atoms. The number of ether oxygens (including phenoxy) is 1. The van der Waals surface area contributed by atoms with Gasteiger partial charge in [0.25, 0.3) is 0 Å². The molecule has 0 aromatic heterocycles. The maximum absolute atomic E-state index is 12.3. The highest BCUT2D eigenvalue weighted by atomic mass is 16.5. The largest absolute Gasteiger partial charge is 0.496 e. The van der Waals surface area contributed by atoms with Gasteiger partial charge in [-0.25, -0.2) is 0 Å². The standard InChI is InChI=1S/C17H24N2O3/c1-22-15-10-6-5-9-13(15)11-14(16(18)20)19-17(21)12-7-3-2-4-8-12/h5-6,9-10,12,14H,2-4,7-8,11H2,1H3,(H2,18,20)(H,19,21)/t14-/m1/s1. The lowest BCUT2D eigenvalue weighted by Gasteiger charge is -2.24. The summed E-state index contributed by atoms with van der Waals surface area (Å²) in [7, 11) is 1.58. The van der Waals surface area contributed by atoms with Crippen LogP contribution in [0, 0.1) is 5.92 Å². The number of benzene rings is 1. The van der Waals surface area contributed by atoms with Crippen molar-refractivity contribution in [1.29, 1.82) is 0 Å². The Balaban J connectivity index is 2.03. The lowest BCUT2D eigenvalue weighted by molar-refractivity contribution is -0.130. The van der Waals surface area contributed by atoms with Gasteiger partial charge in [0.1, 0.15) is 11.8 Å². The fourth-order valence-electron chi connectivity index (χ4n) is 2.97. The Hall–Kier alpha value is -2.04. The predicted molar refractivity (Wildman–Crippen MR) is 84.4 cm³/mol. The van der Waals surface area contributed by atoms with E-state index in [1.54, 1.807) is 7.11 Å². The van der Waals surface area contributed by atoms with Gasteiger partial charge in [0.05, 0.1) is 7.11 Å². The molecule has 0 saturated heterocycles. The van der Waals surface area contributed by atoms with Crippen LogP contribution in [0.5, 0.6) is 5.75 Å². The van der Waals surface area contributed by atoms with Gasteiger partial charge < -0.3 is 15.8 Å². The maximum atomic E-state index is 12.3. The van der Waals surface area contributed by atoms with E-state index >= 15 is 0 Å². The number of primary amides is 1. The summed E-state index contributed by atoms with van der Waals surface area (Å²) in [4.78, 5) is 24.0. The second kappa shape index (κ2) is 7.82. The van der Waals surface area contributed by atoms with Crippen molar-refractivity contribution in [2.24, 2.45) is 11.7 Å². The van der Waals surface area contributed by atoms with Crippen molar-refractivity contribution in [2.45, 2.75) is 44.6 Å². The van der Waals surface area contributed by atoms with Crippen molar-refractivity contribution in [2.75, 3.05) is 7.11 Å². The van der Waals surface area contributed by atoms with Crippen LogP contribution in [0.2, 0.25) is 0 Å². The summed E-state index contributed by atoms with van der Waals surface area (Å²) in [6, 6.07) is 6.74. The van der Waals surface area contributed by atoms with Crippen LogP contribution in [0.25, 0.3) is 0 Å². The van der Waals surface area contributed by atoms with E-state index in [2.05, 4.69) is 5.32 Å². The minimum atomic E-state index is -0.703. The summed E-state index contributed by atoms with van der Waals surface area (Å²) in [6.45, 7) is 0. The number of nitrogens with two attached hydrogens (primary N) is 1. The fraction of sp³-hybridized carbons (Fsp3) is 0.529. The van der Waals surface area contributed by atoms with E-state index in [-0.39, 0.29) is 11.8 Å². The Bertz CT molecular complexity index is 524. The van der Waals surface area contributed by atoms with Crippen molar-refractivity contribution in [1.82, 2.24) is 5.32 Å². The molecule has 22 heavy (non-hydrogen) atoms. The second-order valence-electron chi connectivity index (χ2n) is 5.81. The van der Waals surface area contributed by atoms with Crippen LogP contribution in [-0.4, -0.2) is 25.0 Å². The molecule has 1 aliphatic rings. The van der Waals surface area contributed by atoms with Crippen molar-refractivity contribution >= 4 is 11.8 Å². The molecular formula is C17H24N2O3. The maximum Gasteiger partial charge on any atom is 0.240 e. The molecule has 1 aliphatic carbocycles. The normalized spacial score (nSPS) is 16.8. The van der Waals surface area contributed by atoms with Gasteiger partial charge in [-0.05, 0) is 24.5 Å². The zero-order valence-electron chi connectivity index (χ0n) is 13.0. The third-order valence-electron chi connectivity index (χ3n) is 4.25. The smallest absolute Gasteiger partial charge is 0.240 e. The van der Waals surface area contributed by atoms with Crippen LogP contribution < -0.4 is 15.8 Å². The predicted octanol–water partition coefficient (Wildman–Crippen LogP) is 1.79. The van der Waals surface area contributed by atoms with Crippen LogP contribution in [0.1, 0.15) is 37.7 Å². The van der Waals surface area contributed by atoms with Crippen LogP contribution in [0.3, 0.4) is 0 Å². The highest BCUT2D eigenvalue weighted by Gasteiger charge is 2.26. The molecule has 1 aromatic rings. The average Bonchev–Trinajstić information content (AvgIpc) is 2.55. The number of carbonyl (C=O) groups excluding carboxylic acids is 2. The first-order chi connectivity index (χ1) is 10.6. The molecular weight excluding hydrogens is 280 g/mol. The number of para-hydroxylation sites is 1. The molecule has 3 N–H and O–H groups in total. The van der Waals surface area contributed by atoms with E-state index in [9.17, 15) is 9.59 Å². The third-order valence-corrected chi connectivity index (χ3v) is 4.25. The first kappa shape index (κ1) is 16.3. The molecule has 5 nitrogen and oxygen atoms in total. The van der Waals surface area contributed by atoms with Gasteiger partial charge in [-0.15, -0.1) is 0 Å². The monoisotopic (exact) mass is 304 g/mol. The third kappa shape index (κ3) is 4.23. The Morgan fingerprint density at radius 3 is 2.59 bits per heavy atom. The summed E-state index contributed by atoms with van der Waals surface area (Å²) < 4.78 is 5.28. The van der Waals surface area contributed by atoms with Gasteiger partial charge in [-0.2, -0.15) is 0 Å². The van der Waals surface area contributed by atoms with E-state index in [4.69, 9.17) is 10.5 Å². The number of hydrogen-bond donors (Lipinski definition) is 2. The molecule has 1 saturated carbocycles. The summed E-state index contributed by atoms with van der Waals surface area (Å²) in [5.41, 5.74) is 6.32. The molecule has 5 heteroatoms. The second-order valence-corrected chi connectivity index (χ2v) is 5.81. The summed E-state index contributed by atoms with van der Waals surface area (Å²) >= 11 is 0. The quantitative estimate of drug-likeness (QED) is 0.840. The minimum absolute atomic E-state index is 0.00766. The fourth-order valence-corrected chi connectivity index (χ4v) is 2.97. The van der Waals surface area contributed by atoms with E-state index in [0.29, 0.717) is 12.2 Å². The Labute approximate surface area is 131 Å². The van der Waals surface area contributed by atoms with E-state index in [1.807, 2.05) is 24.3 Å². The lowest BCUT2D eigenvalue weighted by atomic mass is 9.88. The van der Waals surface area contributed by atoms with E-state index in [1.165, 1.54) is 6.42 Å². The minimum Gasteiger partial charge on any atom is -0.496 e. The van der Waals surface area contributed by atoms with Crippen LogP contribution in [0.4, 0.5) is 0 Å². The number of methoxy groups -OCH3 is 1. The summed E-state index contributed by atoms with van der Waals surface area (Å²) in [6.07, 6.45) is 5.47. The first-order valence-corrected chi connectivity index (χ1v) is 7.83. The molecule has 120 valence electrons. The van der Waals surface area contributed by atoms with Gasteiger partial charge in [0.15, 0.2) is 0 Å². The molecule has 2 rings (SSSR count). The Morgan fingerprint density at radius 1 is 1.27 bits per heavy atom.